The number of hydrogen-bond acceptors (Lipinski definition) is 1. The van der Waals surface area contributed by atoms with Gasteiger partial charge in [0.25, 0.3) is 0 Å². The molecule has 0 saturated heterocycles. The average Bonchev–Trinajstić information content (AvgIpc) is 2.46. The molecule has 1 aromatic carbocycles. The molecule has 0 aromatic heterocycles. The molecule has 1 N–H and O–H groups in total. The smallest absolute Gasteiger partial charge is 0.106 e. The molecule has 2 heteroatoms. The van der Waals surface area contributed by atoms with Crippen molar-refractivity contribution in [3.05, 3.63) is 29.3 Å². The molecular formula is C11H14FN. The van der Waals surface area contributed by atoms with Gasteiger partial charge in [0.1, 0.15) is 6.17 Å². The number of halogens is 1. The van der Waals surface area contributed by atoms with Gasteiger partial charge in [-0.1, -0.05) is 12.1 Å². The van der Waals surface area contributed by atoms with Gasteiger partial charge in [0.05, 0.1) is 0 Å². The summed E-state index contributed by atoms with van der Waals surface area (Å²) in [6.45, 7) is 4.41. The summed E-state index contributed by atoms with van der Waals surface area (Å²) < 4.78 is 13.1. The Morgan fingerprint density at radius 1 is 1.54 bits per heavy atom. The Morgan fingerprint density at radius 2 is 2.31 bits per heavy atom. The van der Waals surface area contributed by atoms with E-state index in [-0.39, 0.29) is 5.92 Å². The van der Waals surface area contributed by atoms with E-state index in [9.17, 15) is 4.39 Å². The van der Waals surface area contributed by atoms with Crippen LogP contribution >= 0.6 is 0 Å². The molecule has 2 atom stereocenters. The molecule has 0 spiro atoms. The summed E-state index contributed by atoms with van der Waals surface area (Å²) in [5, 5.41) is 3.23. The third-order valence-corrected chi connectivity index (χ3v) is 2.68. The van der Waals surface area contributed by atoms with Crippen LogP contribution in [0.4, 0.5) is 10.1 Å². The first kappa shape index (κ1) is 8.54. The van der Waals surface area contributed by atoms with Crippen LogP contribution in [0.3, 0.4) is 0 Å². The normalized spacial score (nSPS) is 22.2. The van der Waals surface area contributed by atoms with Crippen molar-refractivity contribution < 1.29 is 4.39 Å². The van der Waals surface area contributed by atoms with Gasteiger partial charge in [0.2, 0.25) is 0 Å². The molecule has 2 rings (SSSR count). The highest BCUT2D eigenvalue weighted by molar-refractivity contribution is 5.59. The highest BCUT2D eigenvalue weighted by Crippen LogP contribution is 2.34. The maximum atomic E-state index is 13.1. The van der Waals surface area contributed by atoms with Gasteiger partial charge < -0.3 is 5.32 Å². The van der Waals surface area contributed by atoms with E-state index in [0.29, 0.717) is 0 Å². The van der Waals surface area contributed by atoms with Gasteiger partial charge >= 0.3 is 0 Å². The second-order valence-electron chi connectivity index (χ2n) is 3.76. The number of rotatable bonds is 1. The molecular weight excluding hydrogens is 165 g/mol. The number of alkyl halides is 1. The lowest BCUT2D eigenvalue weighted by Gasteiger charge is -2.10. The number of nitrogens with one attached hydrogen (secondary N) is 1. The molecule has 0 amide bonds. The van der Waals surface area contributed by atoms with E-state index in [1.807, 2.05) is 19.1 Å². The second kappa shape index (κ2) is 3.02. The Balaban J connectivity index is 2.38. The van der Waals surface area contributed by atoms with Gasteiger partial charge in [0, 0.05) is 18.2 Å². The third-order valence-electron chi connectivity index (χ3n) is 2.68. The highest BCUT2D eigenvalue weighted by atomic mass is 19.1. The standard InChI is InChI=1S/C11H14FN/c1-7-3-4-9-10(8(2)12)6-13-11(9)5-7/h3-5,8,10,13H,6H2,1-2H3. The summed E-state index contributed by atoms with van der Waals surface area (Å²) in [5.74, 6) is 0.0376. The van der Waals surface area contributed by atoms with Crippen LogP contribution in [-0.2, 0) is 0 Å². The predicted molar refractivity (Wildman–Crippen MR) is 53.0 cm³/mol. The van der Waals surface area contributed by atoms with Crippen LogP contribution < -0.4 is 5.32 Å². The number of hydrogen-bond donors (Lipinski definition) is 1. The predicted octanol–water partition coefficient (Wildman–Crippen LogP) is 2.86. The van der Waals surface area contributed by atoms with Gasteiger partial charge in [-0.05, 0) is 31.0 Å². The van der Waals surface area contributed by atoms with E-state index >= 15 is 0 Å². The molecule has 1 heterocycles. The zero-order chi connectivity index (χ0) is 9.42. The zero-order valence-electron chi connectivity index (χ0n) is 7.97. The van der Waals surface area contributed by atoms with Gasteiger partial charge in [-0.25, -0.2) is 4.39 Å². The Hall–Kier alpha value is -1.05. The number of benzene rings is 1. The lowest BCUT2D eigenvalue weighted by molar-refractivity contribution is 0.317. The van der Waals surface area contributed by atoms with Crippen LogP contribution in [0, 0.1) is 6.92 Å². The molecule has 0 saturated carbocycles. The monoisotopic (exact) mass is 179 g/mol. The minimum Gasteiger partial charge on any atom is -0.384 e. The van der Waals surface area contributed by atoms with E-state index in [0.717, 1.165) is 17.8 Å². The average molecular weight is 179 g/mol. The Bertz CT molecular complexity index is 320. The van der Waals surface area contributed by atoms with Crippen LogP contribution in [0.25, 0.3) is 0 Å². The van der Waals surface area contributed by atoms with Crippen LogP contribution in [0.1, 0.15) is 24.0 Å². The molecule has 2 unspecified atom stereocenters. The van der Waals surface area contributed by atoms with Crippen molar-refractivity contribution in [2.75, 3.05) is 11.9 Å². The number of anilines is 1. The first-order valence-electron chi connectivity index (χ1n) is 4.67. The van der Waals surface area contributed by atoms with E-state index in [1.165, 1.54) is 5.56 Å². The van der Waals surface area contributed by atoms with Crippen molar-refractivity contribution in [2.24, 2.45) is 0 Å². The Labute approximate surface area is 78.0 Å². The molecule has 1 nitrogen and oxygen atoms in total. The quantitative estimate of drug-likeness (QED) is 0.699. The molecule has 0 fully saturated rings. The molecule has 0 bridgehead atoms. The Morgan fingerprint density at radius 3 is 3.00 bits per heavy atom. The molecule has 0 aliphatic carbocycles. The first-order chi connectivity index (χ1) is 6.18. The molecule has 1 aliphatic rings. The summed E-state index contributed by atoms with van der Waals surface area (Å²) in [4.78, 5) is 0. The van der Waals surface area contributed by atoms with Crippen molar-refractivity contribution in [3.63, 3.8) is 0 Å². The summed E-state index contributed by atoms with van der Waals surface area (Å²) in [7, 11) is 0. The molecule has 13 heavy (non-hydrogen) atoms. The SMILES string of the molecule is Cc1ccc2c(c1)NCC2C(C)F. The van der Waals surface area contributed by atoms with Gasteiger partial charge in [-0.15, -0.1) is 0 Å². The summed E-state index contributed by atoms with van der Waals surface area (Å²) in [6, 6.07) is 6.16. The van der Waals surface area contributed by atoms with Crippen LogP contribution in [0.15, 0.2) is 18.2 Å². The highest BCUT2D eigenvalue weighted by Gasteiger charge is 2.26. The fraction of sp³-hybridized carbons (Fsp3) is 0.455. The van der Waals surface area contributed by atoms with Crippen molar-refractivity contribution in [1.29, 1.82) is 0 Å². The van der Waals surface area contributed by atoms with E-state index in [1.54, 1.807) is 6.92 Å². The lowest BCUT2D eigenvalue weighted by Crippen LogP contribution is -2.12. The number of fused-ring (bicyclic) bond motifs is 1. The maximum absolute atomic E-state index is 13.1. The van der Waals surface area contributed by atoms with Gasteiger partial charge in [-0.3, -0.25) is 0 Å². The van der Waals surface area contributed by atoms with Crippen molar-refractivity contribution in [3.8, 4) is 0 Å². The van der Waals surface area contributed by atoms with Crippen LogP contribution in [-0.4, -0.2) is 12.7 Å². The molecule has 1 aliphatic heterocycles. The minimum absolute atomic E-state index is 0.0376. The Kier molecular flexibility index (Phi) is 1.98. The summed E-state index contributed by atoms with van der Waals surface area (Å²) in [6.07, 6.45) is -0.767. The second-order valence-corrected chi connectivity index (χ2v) is 3.76. The first-order valence-corrected chi connectivity index (χ1v) is 4.67. The fourth-order valence-corrected chi connectivity index (χ4v) is 1.89. The fourth-order valence-electron chi connectivity index (χ4n) is 1.89. The van der Waals surface area contributed by atoms with E-state index in [2.05, 4.69) is 11.4 Å². The zero-order valence-corrected chi connectivity index (χ0v) is 7.97. The minimum atomic E-state index is -0.767. The summed E-state index contributed by atoms with van der Waals surface area (Å²) in [5.41, 5.74) is 3.45. The van der Waals surface area contributed by atoms with Crippen molar-refractivity contribution in [2.45, 2.75) is 25.9 Å². The van der Waals surface area contributed by atoms with E-state index in [4.69, 9.17) is 0 Å². The molecule has 1 aromatic rings. The lowest BCUT2D eigenvalue weighted by atomic mass is 9.96. The largest absolute Gasteiger partial charge is 0.384 e. The molecule has 0 radical (unpaired) electrons. The van der Waals surface area contributed by atoms with Gasteiger partial charge in [0.15, 0.2) is 0 Å². The van der Waals surface area contributed by atoms with Crippen molar-refractivity contribution in [1.82, 2.24) is 0 Å². The van der Waals surface area contributed by atoms with Crippen molar-refractivity contribution >= 4 is 5.69 Å². The maximum Gasteiger partial charge on any atom is 0.106 e. The van der Waals surface area contributed by atoms with Gasteiger partial charge in [-0.2, -0.15) is 0 Å². The molecule has 70 valence electrons. The third kappa shape index (κ3) is 1.41. The number of aryl methyl sites for hydroxylation is 1. The summed E-state index contributed by atoms with van der Waals surface area (Å²) >= 11 is 0. The van der Waals surface area contributed by atoms with E-state index < -0.39 is 6.17 Å². The van der Waals surface area contributed by atoms with Crippen LogP contribution in [0.2, 0.25) is 0 Å². The topological polar surface area (TPSA) is 12.0 Å². The van der Waals surface area contributed by atoms with Crippen LogP contribution in [0.5, 0.6) is 0 Å².